The van der Waals surface area contributed by atoms with Crippen molar-refractivity contribution in [2.45, 2.75) is 40.0 Å². The fourth-order valence-corrected chi connectivity index (χ4v) is 3.67. The second-order valence-corrected chi connectivity index (χ2v) is 8.74. The van der Waals surface area contributed by atoms with Crippen LogP contribution in [0, 0.1) is 13.8 Å². The van der Waals surface area contributed by atoms with Crippen molar-refractivity contribution >= 4 is 34.3 Å². The first kappa shape index (κ1) is 22.9. The molecule has 170 valence electrons. The van der Waals surface area contributed by atoms with Crippen LogP contribution in [0.3, 0.4) is 0 Å². The van der Waals surface area contributed by atoms with Crippen molar-refractivity contribution in [3.63, 3.8) is 0 Å². The Kier molecular flexibility index (Phi) is 6.70. The van der Waals surface area contributed by atoms with E-state index in [-0.39, 0.29) is 12.5 Å². The van der Waals surface area contributed by atoms with Crippen LogP contribution in [0.15, 0.2) is 59.0 Å². The number of aryl methyl sites for hydroxylation is 2. The van der Waals surface area contributed by atoms with Gasteiger partial charge in [-0.3, -0.25) is 4.79 Å². The van der Waals surface area contributed by atoms with Gasteiger partial charge in [-0.05, 0) is 85.3 Å². The third-order valence-electron chi connectivity index (χ3n) is 5.93. The third-order valence-corrected chi connectivity index (χ3v) is 6.26. The molecule has 1 aromatic heterocycles. The third kappa shape index (κ3) is 5.20. The van der Waals surface area contributed by atoms with E-state index in [0.29, 0.717) is 28.3 Å². The first-order valence-corrected chi connectivity index (χ1v) is 11.4. The van der Waals surface area contributed by atoms with Crippen molar-refractivity contribution in [2.24, 2.45) is 0 Å². The van der Waals surface area contributed by atoms with E-state index < -0.39 is 0 Å². The minimum atomic E-state index is -0.303. The van der Waals surface area contributed by atoms with Crippen LogP contribution >= 0.6 is 11.6 Å². The summed E-state index contributed by atoms with van der Waals surface area (Å²) in [4.78, 5) is 17.1. The van der Waals surface area contributed by atoms with E-state index in [1.54, 1.807) is 12.1 Å². The zero-order chi connectivity index (χ0) is 23.5. The van der Waals surface area contributed by atoms with Crippen molar-refractivity contribution in [2.75, 3.05) is 11.9 Å². The zero-order valence-corrected chi connectivity index (χ0v) is 20.0. The molecule has 1 N–H and O–H groups in total. The molecule has 33 heavy (non-hydrogen) atoms. The van der Waals surface area contributed by atoms with Crippen molar-refractivity contribution in [3.05, 3.63) is 76.3 Å². The number of nitrogens with one attached hydrogen (secondary N) is 1. The standard InChI is InChI=1S/C27H27ClN2O3/c1-5-16(2)19-8-11-25-24(13-19)30-27(33-25)20-7-10-22(28)23(14-20)29-26(31)15-32-21-9-6-17(3)18(4)12-21/h6-14,16H,5,15H2,1-4H3,(H,29,31). The summed E-state index contributed by atoms with van der Waals surface area (Å²) >= 11 is 6.33. The Morgan fingerprint density at radius 3 is 2.67 bits per heavy atom. The number of fused-ring (bicyclic) bond motifs is 1. The molecule has 0 saturated heterocycles. The van der Waals surface area contributed by atoms with E-state index in [1.807, 2.05) is 44.2 Å². The van der Waals surface area contributed by atoms with Gasteiger partial charge in [0.25, 0.3) is 5.91 Å². The van der Waals surface area contributed by atoms with Crippen LogP contribution in [-0.2, 0) is 4.79 Å². The van der Waals surface area contributed by atoms with Crippen molar-refractivity contribution in [3.8, 4) is 17.2 Å². The van der Waals surface area contributed by atoms with Crippen LogP contribution in [0.25, 0.3) is 22.6 Å². The predicted octanol–water partition coefficient (Wildman–Crippen LogP) is 7.30. The molecule has 4 rings (SSSR count). The van der Waals surface area contributed by atoms with Crippen LogP contribution < -0.4 is 10.1 Å². The molecule has 1 unspecified atom stereocenters. The lowest BCUT2D eigenvalue weighted by atomic mass is 9.98. The Morgan fingerprint density at radius 2 is 1.91 bits per heavy atom. The van der Waals surface area contributed by atoms with Crippen LogP contribution in [-0.4, -0.2) is 17.5 Å². The monoisotopic (exact) mass is 462 g/mol. The van der Waals surface area contributed by atoms with Gasteiger partial charge in [-0.25, -0.2) is 4.98 Å². The molecule has 0 aliphatic carbocycles. The van der Waals surface area contributed by atoms with Gasteiger partial charge >= 0.3 is 0 Å². The quantitative estimate of drug-likeness (QED) is 0.313. The van der Waals surface area contributed by atoms with E-state index >= 15 is 0 Å². The average Bonchev–Trinajstić information content (AvgIpc) is 3.24. The topological polar surface area (TPSA) is 64.4 Å². The molecule has 0 spiro atoms. The molecule has 4 aromatic rings. The molecule has 1 heterocycles. The van der Waals surface area contributed by atoms with Crippen molar-refractivity contribution < 1.29 is 13.9 Å². The average molecular weight is 463 g/mol. The molecule has 3 aromatic carbocycles. The Bertz CT molecular complexity index is 1310. The van der Waals surface area contributed by atoms with Gasteiger partial charge in [-0.2, -0.15) is 0 Å². The predicted molar refractivity (Wildman–Crippen MR) is 133 cm³/mol. The molecule has 5 nitrogen and oxygen atoms in total. The number of aromatic nitrogens is 1. The number of halogens is 1. The maximum atomic E-state index is 12.5. The molecular weight excluding hydrogens is 436 g/mol. The first-order chi connectivity index (χ1) is 15.8. The number of ether oxygens (including phenoxy) is 1. The Hall–Kier alpha value is -3.31. The maximum absolute atomic E-state index is 12.5. The summed E-state index contributed by atoms with van der Waals surface area (Å²) < 4.78 is 11.6. The summed E-state index contributed by atoms with van der Waals surface area (Å²) in [7, 11) is 0. The number of carbonyl (C=O) groups excluding carboxylic acids is 1. The van der Waals surface area contributed by atoms with E-state index in [4.69, 9.17) is 20.8 Å². The molecule has 1 atom stereocenters. The fraction of sp³-hybridized carbons (Fsp3) is 0.259. The molecule has 1 amide bonds. The van der Waals surface area contributed by atoms with Gasteiger partial charge in [0.05, 0.1) is 10.7 Å². The Labute approximate surface area is 198 Å². The van der Waals surface area contributed by atoms with E-state index in [0.717, 1.165) is 28.6 Å². The van der Waals surface area contributed by atoms with Crippen molar-refractivity contribution in [1.29, 1.82) is 0 Å². The van der Waals surface area contributed by atoms with Gasteiger partial charge in [0, 0.05) is 5.56 Å². The van der Waals surface area contributed by atoms with Gasteiger partial charge in [0.1, 0.15) is 11.3 Å². The molecule has 0 fully saturated rings. The van der Waals surface area contributed by atoms with Crippen LogP contribution in [0.4, 0.5) is 5.69 Å². The normalized spacial score (nSPS) is 12.0. The minimum absolute atomic E-state index is 0.121. The highest BCUT2D eigenvalue weighted by atomic mass is 35.5. The highest BCUT2D eigenvalue weighted by Gasteiger charge is 2.14. The molecule has 0 bridgehead atoms. The van der Waals surface area contributed by atoms with Gasteiger partial charge in [-0.15, -0.1) is 0 Å². The summed E-state index contributed by atoms with van der Waals surface area (Å²) in [6, 6.07) is 17.1. The largest absolute Gasteiger partial charge is 0.484 e. The lowest BCUT2D eigenvalue weighted by Gasteiger charge is -2.10. The molecular formula is C27H27ClN2O3. The zero-order valence-electron chi connectivity index (χ0n) is 19.2. The molecule has 0 aliphatic rings. The molecule has 0 aliphatic heterocycles. The van der Waals surface area contributed by atoms with Gasteiger partial charge in [0.2, 0.25) is 5.89 Å². The number of hydrogen-bond donors (Lipinski definition) is 1. The fourth-order valence-electron chi connectivity index (χ4n) is 3.50. The van der Waals surface area contributed by atoms with E-state index in [1.165, 1.54) is 11.1 Å². The number of amides is 1. The van der Waals surface area contributed by atoms with Crippen LogP contribution in [0.5, 0.6) is 5.75 Å². The summed E-state index contributed by atoms with van der Waals surface area (Å²) in [5, 5.41) is 3.24. The number of benzene rings is 3. The second kappa shape index (κ2) is 9.67. The number of rotatable bonds is 7. The first-order valence-electron chi connectivity index (χ1n) is 11.0. The number of nitrogens with zero attached hydrogens (tertiary/aromatic N) is 1. The second-order valence-electron chi connectivity index (χ2n) is 8.33. The van der Waals surface area contributed by atoms with Crippen LogP contribution in [0.2, 0.25) is 5.02 Å². The van der Waals surface area contributed by atoms with E-state index in [9.17, 15) is 4.79 Å². The highest BCUT2D eigenvalue weighted by molar-refractivity contribution is 6.33. The summed E-state index contributed by atoms with van der Waals surface area (Å²) in [6.07, 6.45) is 1.06. The number of anilines is 1. The highest BCUT2D eigenvalue weighted by Crippen LogP contribution is 2.32. The molecule has 0 radical (unpaired) electrons. The number of carbonyl (C=O) groups is 1. The van der Waals surface area contributed by atoms with Crippen LogP contribution in [0.1, 0.15) is 42.9 Å². The Morgan fingerprint density at radius 1 is 1.09 bits per heavy atom. The maximum Gasteiger partial charge on any atom is 0.262 e. The minimum Gasteiger partial charge on any atom is -0.484 e. The van der Waals surface area contributed by atoms with E-state index in [2.05, 4.69) is 36.3 Å². The van der Waals surface area contributed by atoms with Gasteiger partial charge in [0.15, 0.2) is 12.2 Å². The summed E-state index contributed by atoms with van der Waals surface area (Å²) in [5.74, 6) is 1.28. The SMILES string of the molecule is CCC(C)c1ccc2oc(-c3ccc(Cl)c(NC(=O)COc4ccc(C)c(C)c4)c3)nc2c1. The number of hydrogen-bond acceptors (Lipinski definition) is 4. The Balaban J connectivity index is 1.50. The van der Waals surface area contributed by atoms with Gasteiger partial charge in [-0.1, -0.05) is 37.6 Å². The summed E-state index contributed by atoms with van der Waals surface area (Å²) in [6.45, 7) is 8.27. The lowest BCUT2D eigenvalue weighted by molar-refractivity contribution is -0.118. The van der Waals surface area contributed by atoms with Gasteiger partial charge < -0.3 is 14.5 Å². The smallest absolute Gasteiger partial charge is 0.262 e. The molecule has 6 heteroatoms. The van der Waals surface area contributed by atoms with Crippen molar-refractivity contribution in [1.82, 2.24) is 4.98 Å². The number of oxazole rings is 1. The molecule has 0 saturated carbocycles. The lowest BCUT2D eigenvalue weighted by Crippen LogP contribution is -2.20. The summed E-state index contributed by atoms with van der Waals surface area (Å²) in [5.41, 5.74) is 6.25.